The lowest BCUT2D eigenvalue weighted by atomic mass is 10.2. The number of rotatable bonds is 9. The molecule has 37 heavy (non-hydrogen) atoms. The molecule has 0 saturated carbocycles. The number of para-hydroxylation sites is 1. The standard InChI is InChI=1S/C28H25N3O5S/c1-21(32)29-22-9-8-10-23(19-22)30-28(33)20-31(37(34,35)27-13-6-3-7-14-27)24-15-17-26(18-16-24)36-25-11-4-2-5-12-25/h2-19H,20H2,1H3,(H,29,32)(H,30,33). The lowest BCUT2D eigenvalue weighted by Crippen LogP contribution is -2.38. The summed E-state index contributed by atoms with van der Waals surface area (Å²) in [7, 11) is -4.06. The number of sulfonamides is 1. The van der Waals surface area contributed by atoms with E-state index in [4.69, 9.17) is 4.74 Å². The van der Waals surface area contributed by atoms with E-state index in [9.17, 15) is 18.0 Å². The molecule has 0 aliphatic heterocycles. The molecule has 0 bridgehead atoms. The molecule has 9 heteroatoms. The summed E-state index contributed by atoms with van der Waals surface area (Å²) in [5.74, 6) is 0.364. The second-order valence-corrected chi connectivity index (χ2v) is 9.91. The highest BCUT2D eigenvalue weighted by Gasteiger charge is 2.27. The molecule has 0 saturated heterocycles. The molecule has 2 amide bonds. The van der Waals surface area contributed by atoms with Crippen molar-refractivity contribution in [2.24, 2.45) is 0 Å². The van der Waals surface area contributed by atoms with Gasteiger partial charge in [-0.1, -0.05) is 42.5 Å². The number of benzene rings is 4. The van der Waals surface area contributed by atoms with E-state index in [1.807, 2.05) is 30.3 Å². The summed E-state index contributed by atoms with van der Waals surface area (Å²) in [6.45, 7) is 0.911. The predicted molar refractivity (Wildman–Crippen MR) is 143 cm³/mol. The molecule has 0 aliphatic rings. The Morgan fingerprint density at radius 1 is 0.730 bits per heavy atom. The molecule has 4 aromatic carbocycles. The van der Waals surface area contributed by atoms with Crippen molar-refractivity contribution in [3.8, 4) is 11.5 Å². The lowest BCUT2D eigenvalue weighted by Gasteiger charge is -2.24. The summed E-state index contributed by atoms with van der Waals surface area (Å²) in [5, 5.41) is 5.35. The molecule has 0 aromatic heterocycles. The van der Waals surface area contributed by atoms with Crippen LogP contribution in [0.5, 0.6) is 11.5 Å². The number of anilines is 3. The maximum absolute atomic E-state index is 13.5. The maximum Gasteiger partial charge on any atom is 0.264 e. The molecule has 4 aromatic rings. The molecule has 2 N–H and O–H groups in total. The highest BCUT2D eigenvalue weighted by molar-refractivity contribution is 7.92. The van der Waals surface area contributed by atoms with Crippen molar-refractivity contribution in [2.45, 2.75) is 11.8 Å². The van der Waals surface area contributed by atoms with Gasteiger partial charge >= 0.3 is 0 Å². The molecule has 0 atom stereocenters. The average molecular weight is 516 g/mol. The smallest absolute Gasteiger partial charge is 0.264 e. The van der Waals surface area contributed by atoms with Crippen molar-refractivity contribution in [1.29, 1.82) is 0 Å². The van der Waals surface area contributed by atoms with E-state index in [1.165, 1.54) is 19.1 Å². The normalized spacial score (nSPS) is 10.8. The number of amides is 2. The number of carbonyl (C=O) groups excluding carboxylic acids is 2. The third-order valence-electron chi connectivity index (χ3n) is 5.19. The van der Waals surface area contributed by atoms with Crippen molar-refractivity contribution < 1.29 is 22.7 Å². The van der Waals surface area contributed by atoms with Crippen LogP contribution in [-0.4, -0.2) is 26.8 Å². The van der Waals surface area contributed by atoms with Crippen molar-refractivity contribution in [3.63, 3.8) is 0 Å². The first-order chi connectivity index (χ1) is 17.8. The van der Waals surface area contributed by atoms with Gasteiger partial charge in [-0.05, 0) is 66.7 Å². The fourth-order valence-corrected chi connectivity index (χ4v) is 4.99. The van der Waals surface area contributed by atoms with Crippen molar-refractivity contribution in [3.05, 3.63) is 109 Å². The molecule has 0 heterocycles. The lowest BCUT2D eigenvalue weighted by molar-refractivity contribution is -0.115. The Labute approximate surface area is 215 Å². The van der Waals surface area contributed by atoms with Crippen LogP contribution in [-0.2, 0) is 19.6 Å². The number of nitrogens with one attached hydrogen (secondary N) is 2. The van der Waals surface area contributed by atoms with Gasteiger partial charge in [-0.15, -0.1) is 0 Å². The Balaban J connectivity index is 1.59. The average Bonchev–Trinajstić information content (AvgIpc) is 2.89. The van der Waals surface area contributed by atoms with Gasteiger partial charge in [0, 0.05) is 18.3 Å². The summed E-state index contributed by atoms with van der Waals surface area (Å²) >= 11 is 0. The minimum atomic E-state index is -4.06. The van der Waals surface area contributed by atoms with Crippen LogP contribution in [0.3, 0.4) is 0 Å². The summed E-state index contributed by atoms with van der Waals surface area (Å²) in [6, 6.07) is 30.2. The molecule has 188 valence electrons. The van der Waals surface area contributed by atoms with Crippen molar-refractivity contribution >= 4 is 38.9 Å². The fraction of sp³-hybridized carbons (Fsp3) is 0.0714. The van der Waals surface area contributed by atoms with Crippen molar-refractivity contribution in [2.75, 3.05) is 21.5 Å². The third-order valence-corrected chi connectivity index (χ3v) is 6.98. The van der Waals surface area contributed by atoms with E-state index < -0.39 is 22.5 Å². The number of carbonyl (C=O) groups is 2. The molecule has 0 unspecified atom stereocenters. The van der Waals surface area contributed by atoms with Gasteiger partial charge in [0.1, 0.15) is 18.0 Å². The van der Waals surface area contributed by atoms with E-state index in [0.717, 1.165) is 4.31 Å². The molecule has 0 radical (unpaired) electrons. The number of ether oxygens (including phenoxy) is 1. The SMILES string of the molecule is CC(=O)Nc1cccc(NC(=O)CN(c2ccc(Oc3ccccc3)cc2)S(=O)(=O)c2ccccc2)c1. The van der Waals surface area contributed by atoms with Gasteiger partial charge in [-0.2, -0.15) is 0 Å². The van der Waals surface area contributed by atoms with Crippen LogP contribution in [0.15, 0.2) is 114 Å². The van der Waals surface area contributed by atoms with Crippen LogP contribution < -0.4 is 19.7 Å². The highest BCUT2D eigenvalue weighted by Crippen LogP contribution is 2.28. The van der Waals surface area contributed by atoms with Gasteiger partial charge in [0.15, 0.2) is 0 Å². The molecule has 8 nitrogen and oxygen atoms in total. The van der Waals surface area contributed by atoms with E-state index in [2.05, 4.69) is 10.6 Å². The molecular formula is C28H25N3O5S. The minimum absolute atomic E-state index is 0.0556. The quantitative estimate of drug-likeness (QED) is 0.316. The Morgan fingerprint density at radius 3 is 1.92 bits per heavy atom. The van der Waals surface area contributed by atoms with E-state index in [0.29, 0.717) is 28.6 Å². The van der Waals surface area contributed by atoms with Gasteiger partial charge < -0.3 is 15.4 Å². The van der Waals surface area contributed by atoms with Gasteiger partial charge in [0.2, 0.25) is 11.8 Å². The fourth-order valence-electron chi connectivity index (χ4n) is 3.55. The number of hydrogen-bond acceptors (Lipinski definition) is 5. The van der Waals surface area contributed by atoms with Crippen LogP contribution in [0.4, 0.5) is 17.1 Å². The second-order valence-electron chi connectivity index (χ2n) is 8.04. The largest absolute Gasteiger partial charge is 0.457 e. The van der Waals surface area contributed by atoms with Crippen molar-refractivity contribution in [1.82, 2.24) is 0 Å². The highest BCUT2D eigenvalue weighted by atomic mass is 32.2. The van der Waals surface area contributed by atoms with Crippen LogP contribution in [0.1, 0.15) is 6.92 Å². The predicted octanol–water partition coefficient (Wildman–Crippen LogP) is 5.27. The first-order valence-corrected chi connectivity index (χ1v) is 12.8. The second kappa shape index (κ2) is 11.4. The topological polar surface area (TPSA) is 105 Å². The first-order valence-electron chi connectivity index (χ1n) is 11.4. The van der Waals surface area contributed by atoms with Crippen LogP contribution in [0.25, 0.3) is 0 Å². The minimum Gasteiger partial charge on any atom is -0.457 e. The molecule has 4 rings (SSSR count). The zero-order valence-electron chi connectivity index (χ0n) is 20.0. The summed E-state index contributed by atoms with van der Waals surface area (Å²) in [6.07, 6.45) is 0. The molecule has 0 spiro atoms. The molecule has 0 fully saturated rings. The van der Waals surface area contributed by atoms with E-state index >= 15 is 0 Å². The van der Waals surface area contributed by atoms with Crippen LogP contribution in [0.2, 0.25) is 0 Å². The third kappa shape index (κ3) is 6.74. The van der Waals surface area contributed by atoms with Gasteiger partial charge in [0.05, 0.1) is 10.6 Å². The van der Waals surface area contributed by atoms with Gasteiger partial charge in [-0.25, -0.2) is 8.42 Å². The first kappa shape index (κ1) is 25.5. The number of hydrogen-bond donors (Lipinski definition) is 2. The number of nitrogens with zero attached hydrogens (tertiary/aromatic N) is 1. The Morgan fingerprint density at radius 2 is 1.30 bits per heavy atom. The summed E-state index contributed by atoms with van der Waals surface area (Å²) in [4.78, 5) is 24.4. The maximum atomic E-state index is 13.5. The molecule has 0 aliphatic carbocycles. The van der Waals surface area contributed by atoms with Crippen LogP contribution in [0, 0.1) is 0 Å². The van der Waals surface area contributed by atoms with Crippen LogP contribution >= 0.6 is 0 Å². The van der Waals surface area contributed by atoms with Gasteiger partial charge in [-0.3, -0.25) is 13.9 Å². The monoisotopic (exact) mass is 515 g/mol. The van der Waals surface area contributed by atoms with E-state index in [-0.39, 0.29) is 10.8 Å². The van der Waals surface area contributed by atoms with E-state index in [1.54, 1.807) is 66.7 Å². The molecular weight excluding hydrogens is 490 g/mol. The summed E-state index contributed by atoms with van der Waals surface area (Å²) < 4.78 is 33.9. The summed E-state index contributed by atoms with van der Waals surface area (Å²) in [5.41, 5.74) is 1.22. The Kier molecular flexibility index (Phi) is 7.85. The van der Waals surface area contributed by atoms with Gasteiger partial charge in [0.25, 0.3) is 10.0 Å². The zero-order valence-corrected chi connectivity index (χ0v) is 20.8. The zero-order chi connectivity index (χ0) is 26.3. The Bertz CT molecular complexity index is 1480. The Hall–Kier alpha value is -4.63.